The highest BCUT2D eigenvalue weighted by molar-refractivity contribution is 7.45. The molecule has 0 atom stereocenters. The van der Waals surface area contributed by atoms with Crippen LogP contribution in [0.1, 0.15) is 84.5 Å². The molecule has 0 unspecified atom stereocenters. The Morgan fingerprint density at radius 3 is 1.00 bits per heavy atom. The molecule has 0 nitrogen and oxygen atoms in total. The average Bonchev–Trinajstić information content (AvgIpc) is 2.41. The highest BCUT2D eigenvalue weighted by Crippen LogP contribution is 2.23. The second-order valence-corrected chi connectivity index (χ2v) is 23.3. The largest absolute Gasteiger partial charge is 0.248 e. The van der Waals surface area contributed by atoms with Gasteiger partial charge < -0.3 is 0 Å². The van der Waals surface area contributed by atoms with Crippen LogP contribution >= 0.6 is 44.3 Å². The minimum Gasteiger partial charge on any atom is -0.146 e. The van der Waals surface area contributed by atoms with Crippen LogP contribution in [0.25, 0.3) is 0 Å². The first-order valence-corrected chi connectivity index (χ1v) is 18.8. The second kappa shape index (κ2) is 17.0. The lowest BCUT2D eigenvalue weighted by molar-refractivity contribution is 0.623. The van der Waals surface area contributed by atoms with Crippen molar-refractivity contribution in [2.75, 3.05) is 0 Å². The van der Waals surface area contributed by atoms with Gasteiger partial charge in [0.1, 0.15) is 0 Å². The van der Waals surface area contributed by atoms with Gasteiger partial charge in [-0.25, -0.2) is 0 Å². The number of rotatable bonds is 13. The zero-order chi connectivity index (χ0) is 18.2. The summed E-state index contributed by atoms with van der Waals surface area (Å²) in [4.78, 5) is 0. The van der Waals surface area contributed by atoms with Crippen molar-refractivity contribution in [1.82, 2.24) is 0 Å². The normalized spacial score (nSPS) is 12.0. The maximum atomic E-state index is 5.98. The summed E-state index contributed by atoms with van der Waals surface area (Å²) in [5.74, 6) is 0. The third-order valence-electron chi connectivity index (χ3n) is 3.69. The number of hydrogen-bond donors (Lipinski definition) is 0. The summed E-state index contributed by atoms with van der Waals surface area (Å²) in [6.07, 6.45) is 14.5. The van der Waals surface area contributed by atoms with E-state index in [0.717, 1.165) is 12.1 Å². The fourth-order valence-electron chi connectivity index (χ4n) is 2.25. The molecule has 23 heavy (non-hydrogen) atoms. The predicted molar refractivity (Wildman–Crippen MR) is 118 cm³/mol. The van der Waals surface area contributed by atoms with Crippen LogP contribution in [-0.2, 0) is 0 Å². The Morgan fingerprint density at radius 1 is 0.478 bits per heavy atom. The Balaban J connectivity index is 0. The van der Waals surface area contributed by atoms with Crippen LogP contribution in [0.4, 0.5) is 0 Å². The zero-order valence-corrected chi connectivity index (χ0v) is 20.7. The molecule has 0 N–H and O–H groups in total. The first-order valence-electron chi connectivity index (χ1n) is 9.38. The van der Waals surface area contributed by atoms with E-state index in [0.29, 0.717) is 0 Å². The molecule has 0 amide bonds. The van der Waals surface area contributed by atoms with Crippen molar-refractivity contribution < 1.29 is 0 Å². The molecule has 0 fully saturated rings. The molecule has 0 saturated carbocycles. The van der Waals surface area contributed by atoms with Crippen LogP contribution in [-0.4, -0.2) is 13.4 Å². The highest BCUT2D eigenvalue weighted by Gasteiger charge is 2.19. The van der Waals surface area contributed by atoms with Gasteiger partial charge in [0.2, 0.25) is 13.4 Å². The molecule has 0 aromatic carbocycles. The second-order valence-electron chi connectivity index (χ2n) is 6.82. The number of halogens is 4. The Bertz CT molecular complexity index is 238. The van der Waals surface area contributed by atoms with Gasteiger partial charge in [0.15, 0.2) is 0 Å². The highest BCUT2D eigenvalue weighted by atomic mass is 35.7. The molecule has 0 aromatic rings. The van der Waals surface area contributed by atoms with Crippen LogP contribution in [0.15, 0.2) is 0 Å². The molecule has 0 heterocycles. The van der Waals surface area contributed by atoms with E-state index < -0.39 is 13.4 Å². The fraction of sp³-hybridized carbons (Fsp3) is 1.00. The predicted octanol–water partition coefficient (Wildman–Crippen LogP) is 9.40. The standard InChI is InChI=1S/C9H20Cl2Si.C8H18Cl2Si/c1-3-4-5-6-7-8-9-12(2,10)11;1-3-4-5-6-7-8-11(2,9)10/h3-9H2,1-2H3;3-8H2,1-2H3. The van der Waals surface area contributed by atoms with Gasteiger partial charge in [-0.3, -0.25) is 0 Å². The first kappa shape index (κ1) is 26.8. The first-order chi connectivity index (χ1) is 10.6. The van der Waals surface area contributed by atoms with E-state index in [2.05, 4.69) is 13.8 Å². The minimum atomic E-state index is -1.78. The molecule has 142 valence electrons. The quantitative estimate of drug-likeness (QED) is 0.152. The zero-order valence-electron chi connectivity index (χ0n) is 15.7. The van der Waals surface area contributed by atoms with E-state index in [1.165, 1.54) is 70.6 Å². The molecule has 0 aliphatic rings. The van der Waals surface area contributed by atoms with Crippen LogP contribution in [0.2, 0.25) is 25.2 Å². The molecular weight excluding hydrogens is 402 g/mol. The third-order valence-corrected chi connectivity index (χ3v) is 8.42. The Kier molecular flexibility index (Phi) is 19.9. The Morgan fingerprint density at radius 2 is 0.739 bits per heavy atom. The molecule has 0 rings (SSSR count). The van der Waals surface area contributed by atoms with Crippen LogP contribution < -0.4 is 0 Å². The molecular formula is C17H38Cl4Si2. The van der Waals surface area contributed by atoms with Crippen LogP contribution in [0.5, 0.6) is 0 Å². The SMILES string of the molecule is CCCCCCCC[Si](C)(Cl)Cl.CCCCCCC[Si](C)(Cl)Cl. The molecule has 0 aliphatic carbocycles. The van der Waals surface area contributed by atoms with Gasteiger partial charge in [0.05, 0.1) is 0 Å². The van der Waals surface area contributed by atoms with Crippen molar-refractivity contribution in [3.63, 3.8) is 0 Å². The summed E-state index contributed by atoms with van der Waals surface area (Å²) in [6.45, 7) is 4.91. The van der Waals surface area contributed by atoms with E-state index in [-0.39, 0.29) is 0 Å². The molecule has 0 saturated heterocycles. The summed E-state index contributed by atoms with van der Waals surface area (Å²) >= 11 is 23.9. The van der Waals surface area contributed by atoms with Crippen molar-refractivity contribution in [1.29, 1.82) is 0 Å². The van der Waals surface area contributed by atoms with Gasteiger partial charge in [-0.05, 0) is 25.2 Å². The maximum Gasteiger partial charge on any atom is 0.248 e. The van der Waals surface area contributed by atoms with Gasteiger partial charge >= 0.3 is 0 Å². The van der Waals surface area contributed by atoms with E-state index >= 15 is 0 Å². The Hall–Kier alpha value is 1.59. The molecule has 0 spiro atoms. The lowest BCUT2D eigenvalue weighted by Gasteiger charge is -2.08. The number of hydrogen-bond acceptors (Lipinski definition) is 0. The van der Waals surface area contributed by atoms with Crippen LogP contribution in [0, 0.1) is 0 Å². The smallest absolute Gasteiger partial charge is 0.146 e. The van der Waals surface area contributed by atoms with Gasteiger partial charge in [-0.15, -0.1) is 44.3 Å². The lowest BCUT2D eigenvalue weighted by Crippen LogP contribution is -2.11. The van der Waals surface area contributed by atoms with Crippen molar-refractivity contribution in [2.45, 2.75) is 110 Å². The van der Waals surface area contributed by atoms with E-state index in [9.17, 15) is 0 Å². The maximum absolute atomic E-state index is 5.98. The van der Waals surface area contributed by atoms with Crippen molar-refractivity contribution >= 4 is 57.7 Å². The minimum absolute atomic E-state index is 1.06. The molecule has 0 bridgehead atoms. The van der Waals surface area contributed by atoms with Gasteiger partial charge in [-0.2, -0.15) is 0 Å². The van der Waals surface area contributed by atoms with Crippen molar-refractivity contribution in [3.05, 3.63) is 0 Å². The molecule has 0 aromatic heterocycles. The van der Waals surface area contributed by atoms with Crippen LogP contribution in [0.3, 0.4) is 0 Å². The topological polar surface area (TPSA) is 0 Å². The fourth-order valence-corrected chi connectivity index (χ4v) is 5.60. The summed E-state index contributed by atoms with van der Waals surface area (Å²) in [7, 11) is 0. The van der Waals surface area contributed by atoms with E-state index in [1.807, 2.05) is 13.1 Å². The number of unbranched alkanes of at least 4 members (excludes halogenated alkanes) is 9. The summed E-state index contributed by atoms with van der Waals surface area (Å²) < 4.78 is 0. The average molecular weight is 440 g/mol. The monoisotopic (exact) mass is 438 g/mol. The van der Waals surface area contributed by atoms with Crippen molar-refractivity contribution in [2.24, 2.45) is 0 Å². The van der Waals surface area contributed by atoms with E-state index in [1.54, 1.807) is 0 Å². The molecule has 0 radical (unpaired) electrons. The van der Waals surface area contributed by atoms with Gasteiger partial charge in [-0.1, -0.05) is 84.5 Å². The Labute approximate surface area is 166 Å². The summed E-state index contributed by atoms with van der Waals surface area (Å²) in [5, 5.41) is 0. The summed E-state index contributed by atoms with van der Waals surface area (Å²) in [5.41, 5.74) is 0. The van der Waals surface area contributed by atoms with Gasteiger partial charge in [0, 0.05) is 0 Å². The summed E-state index contributed by atoms with van der Waals surface area (Å²) in [6, 6.07) is 2.11. The molecule has 0 aliphatic heterocycles. The third kappa shape index (κ3) is 31.8. The molecule has 6 heteroatoms. The lowest BCUT2D eigenvalue weighted by atomic mass is 10.1. The van der Waals surface area contributed by atoms with Gasteiger partial charge in [0.25, 0.3) is 0 Å². The van der Waals surface area contributed by atoms with E-state index in [4.69, 9.17) is 44.3 Å². The van der Waals surface area contributed by atoms with Crippen molar-refractivity contribution in [3.8, 4) is 0 Å².